The van der Waals surface area contributed by atoms with Crippen molar-refractivity contribution >= 4 is 22.9 Å². The van der Waals surface area contributed by atoms with Crippen LogP contribution in [0.2, 0.25) is 0 Å². The van der Waals surface area contributed by atoms with Crippen LogP contribution in [-0.4, -0.2) is 65.4 Å². The summed E-state index contributed by atoms with van der Waals surface area (Å²) in [6, 6.07) is 15.6. The molecule has 4 aromatic heterocycles. The number of benzene rings is 1. The fourth-order valence-corrected chi connectivity index (χ4v) is 7.21. The van der Waals surface area contributed by atoms with Gasteiger partial charge < -0.3 is 16.0 Å². The van der Waals surface area contributed by atoms with E-state index in [9.17, 15) is 4.79 Å². The third kappa shape index (κ3) is 4.84. The zero-order valence-corrected chi connectivity index (χ0v) is 25.5. The van der Waals surface area contributed by atoms with Crippen molar-refractivity contribution in [1.82, 2.24) is 39.5 Å². The normalized spacial score (nSPS) is 21.6. The van der Waals surface area contributed by atoms with Crippen LogP contribution in [0.4, 0.5) is 10.2 Å². The summed E-state index contributed by atoms with van der Waals surface area (Å²) in [5, 5.41) is 8.41. The molecule has 4 aliphatic rings. The van der Waals surface area contributed by atoms with Crippen molar-refractivity contribution in [2.24, 2.45) is 5.92 Å². The van der Waals surface area contributed by atoms with Gasteiger partial charge in [-0.2, -0.15) is 5.10 Å². The maximum absolute atomic E-state index is 15.7. The van der Waals surface area contributed by atoms with Gasteiger partial charge in [-0.15, -0.1) is 0 Å². The van der Waals surface area contributed by atoms with E-state index in [1.54, 1.807) is 6.20 Å². The third-order valence-corrected chi connectivity index (χ3v) is 10.1. The number of rotatable bonds is 7. The van der Waals surface area contributed by atoms with Crippen LogP contribution in [0.3, 0.4) is 0 Å². The fraction of sp³-hybridized carbons (Fsp3) is 0.400. The Morgan fingerprint density at radius 3 is 2.61 bits per heavy atom. The highest BCUT2D eigenvalue weighted by Crippen LogP contribution is 2.40. The number of amides is 1. The molecule has 10 nitrogen and oxygen atoms in total. The first-order valence-corrected chi connectivity index (χ1v) is 16.5. The van der Waals surface area contributed by atoms with Crippen LogP contribution < -0.4 is 11.1 Å². The van der Waals surface area contributed by atoms with Crippen LogP contribution in [0.15, 0.2) is 60.9 Å². The summed E-state index contributed by atoms with van der Waals surface area (Å²) >= 11 is 0. The van der Waals surface area contributed by atoms with Crippen LogP contribution in [0.1, 0.15) is 67.3 Å². The largest absolute Gasteiger partial charge is 0.383 e. The zero-order chi connectivity index (χ0) is 30.9. The molecule has 5 aromatic rings. The van der Waals surface area contributed by atoms with Crippen LogP contribution in [0.25, 0.3) is 34.1 Å². The van der Waals surface area contributed by atoms with Crippen molar-refractivity contribution in [1.29, 1.82) is 0 Å². The third-order valence-electron chi connectivity index (χ3n) is 10.1. The van der Waals surface area contributed by atoms with Crippen LogP contribution in [0.5, 0.6) is 0 Å². The number of pyridine rings is 2. The average Bonchev–Trinajstić information content (AvgIpc) is 4.00. The lowest BCUT2D eigenvalue weighted by Gasteiger charge is -2.34. The molecule has 2 saturated carbocycles. The molecule has 2 atom stereocenters. The molecule has 1 saturated heterocycles. The number of imidazole rings is 1. The van der Waals surface area contributed by atoms with Gasteiger partial charge in [0.15, 0.2) is 17.3 Å². The van der Waals surface area contributed by atoms with Crippen molar-refractivity contribution < 1.29 is 9.18 Å². The summed E-state index contributed by atoms with van der Waals surface area (Å²) in [4.78, 5) is 28.8. The molecular weight excluding hydrogens is 581 g/mol. The van der Waals surface area contributed by atoms with Gasteiger partial charge in [0.25, 0.3) is 0 Å². The molecule has 1 unspecified atom stereocenters. The highest BCUT2D eigenvalue weighted by Gasteiger charge is 2.38. The molecule has 1 amide bonds. The summed E-state index contributed by atoms with van der Waals surface area (Å²) in [7, 11) is 0. The molecule has 3 N–H and O–H groups in total. The molecule has 9 rings (SSSR count). The second-order valence-electron chi connectivity index (χ2n) is 13.3. The molecule has 0 spiro atoms. The number of hydrogen-bond acceptors (Lipinski definition) is 7. The summed E-state index contributed by atoms with van der Waals surface area (Å²) in [5.41, 5.74) is 12.3. The van der Waals surface area contributed by atoms with E-state index in [-0.39, 0.29) is 18.0 Å². The van der Waals surface area contributed by atoms with Crippen molar-refractivity contribution in [2.45, 2.75) is 69.1 Å². The molecule has 0 radical (unpaired) electrons. The quantitative estimate of drug-likeness (QED) is 0.262. The van der Waals surface area contributed by atoms with Gasteiger partial charge in [-0.25, -0.2) is 24.0 Å². The molecule has 1 aliphatic heterocycles. The van der Waals surface area contributed by atoms with E-state index < -0.39 is 6.17 Å². The minimum Gasteiger partial charge on any atom is -0.383 e. The molecule has 46 heavy (non-hydrogen) atoms. The average molecular weight is 618 g/mol. The van der Waals surface area contributed by atoms with Gasteiger partial charge in [0.05, 0.1) is 17.3 Å². The lowest BCUT2D eigenvalue weighted by atomic mass is 10.0. The fourth-order valence-electron chi connectivity index (χ4n) is 7.21. The van der Waals surface area contributed by atoms with Gasteiger partial charge >= 0.3 is 0 Å². The molecular formula is C35H36FN9O. The minimum absolute atomic E-state index is 0.181. The topological polar surface area (TPSA) is 120 Å². The molecule has 0 bridgehead atoms. The number of carbonyl (C=O) groups is 1. The van der Waals surface area contributed by atoms with Crippen LogP contribution in [0, 0.1) is 5.92 Å². The Balaban J connectivity index is 1.05. The maximum Gasteiger partial charge on any atom is 0.225 e. The number of nitrogens with zero attached hydrogens (tertiary/aromatic N) is 7. The first-order valence-electron chi connectivity index (χ1n) is 16.5. The standard InChI is InChI=1S/C35H36FN9O/c36-27-19-22-18-24(7-8-25(22)31(27)39-23-11-15-43(16-12-23)35(46)21-5-6-21)45-33(26-2-1-14-38-32(26)37)40-29-9-10-30(41-34(29)45)44-17-13-28(42-44)20-3-4-20/h1-2,7-10,13-14,17-18,20-21,23,27,31,39H,3-6,11-12,15-16,19H2,(H2,37,38)/t27?,31-/m1/s1. The lowest BCUT2D eigenvalue weighted by Crippen LogP contribution is -2.47. The van der Waals surface area contributed by atoms with Gasteiger partial charge in [-0.1, -0.05) is 6.07 Å². The second-order valence-corrected chi connectivity index (χ2v) is 13.3. The van der Waals surface area contributed by atoms with Gasteiger partial charge in [0, 0.05) is 55.5 Å². The van der Waals surface area contributed by atoms with Gasteiger partial charge in [0.1, 0.15) is 17.5 Å². The van der Waals surface area contributed by atoms with Crippen molar-refractivity contribution in [3.05, 3.63) is 77.7 Å². The van der Waals surface area contributed by atoms with Crippen LogP contribution in [-0.2, 0) is 11.2 Å². The van der Waals surface area contributed by atoms with Crippen LogP contribution >= 0.6 is 0 Å². The number of piperidine rings is 1. The predicted octanol–water partition coefficient (Wildman–Crippen LogP) is 5.05. The highest BCUT2D eigenvalue weighted by atomic mass is 19.1. The van der Waals surface area contributed by atoms with Gasteiger partial charge in [0.2, 0.25) is 5.91 Å². The Bertz CT molecular complexity index is 1970. The first kappa shape index (κ1) is 27.7. The monoisotopic (exact) mass is 617 g/mol. The SMILES string of the molecule is Nc1ncccc1-c1nc2ccc(-n3ccc(C4CC4)n3)nc2n1-c1ccc2c(c1)CC(F)[C@@H]2NC1CCN(C(=O)C2CC2)CC1. The number of nitrogen functional groups attached to an aromatic ring is 1. The van der Waals surface area contributed by atoms with Crippen molar-refractivity contribution in [3.63, 3.8) is 0 Å². The minimum atomic E-state index is -1.03. The van der Waals surface area contributed by atoms with E-state index >= 15 is 4.39 Å². The number of aromatic nitrogens is 6. The summed E-state index contributed by atoms with van der Waals surface area (Å²) in [5.74, 6) is 2.79. The smallest absolute Gasteiger partial charge is 0.225 e. The summed E-state index contributed by atoms with van der Waals surface area (Å²) in [6.45, 7) is 1.48. The number of halogens is 1. The number of anilines is 1. The zero-order valence-electron chi connectivity index (χ0n) is 25.5. The number of carbonyl (C=O) groups excluding carboxylic acids is 1. The number of nitrogens with two attached hydrogens (primary N) is 1. The Morgan fingerprint density at radius 2 is 1.83 bits per heavy atom. The van der Waals surface area contributed by atoms with Crippen molar-refractivity contribution in [3.8, 4) is 22.9 Å². The van der Waals surface area contributed by atoms with E-state index in [1.807, 2.05) is 56.7 Å². The highest BCUT2D eigenvalue weighted by molar-refractivity contribution is 5.83. The Hall–Kier alpha value is -4.64. The van der Waals surface area contributed by atoms with Gasteiger partial charge in [-0.05, 0) is 92.1 Å². The molecule has 3 fully saturated rings. The van der Waals surface area contributed by atoms with E-state index in [1.165, 1.54) is 12.8 Å². The molecule has 11 heteroatoms. The Kier molecular flexibility index (Phi) is 6.45. The second kappa shape index (κ2) is 10.7. The van der Waals surface area contributed by atoms with E-state index in [0.717, 1.165) is 61.3 Å². The molecule has 234 valence electrons. The van der Waals surface area contributed by atoms with E-state index in [2.05, 4.69) is 22.4 Å². The first-order chi connectivity index (χ1) is 22.5. The van der Waals surface area contributed by atoms with Gasteiger partial charge in [-0.3, -0.25) is 9.36 Å². The maximum atomic E-state index is 15.7. The lowest BCUT2D eigenvalue weighted by molar-refractivity contribution is -0.133. The Labute approximate surface area is 265 Å². The predicted molar refractivity (Wildman–Crippen MR) is 172 cm³/mol. The number of likely N-dealkylation sites (tertiary alicyclic amines) is 1. The van der Waals surface area contributed by atoms with E-state index in [4.69, 9.17) is 20.8 Å². The van der Waals surface area contributed by atoms with Crippen molar-refractivity contribution in [2.75, 3.05) is 18.8 Å². The molecule has 5 heterocycles. The number of hydrogen-bond donors (Lipinski definition) is 2. The number of alkyl halides is 1. The summed E-state index contributed by atoms with van der Waals surface area (Å²) < 4.78 is 19.5. The molecule has 3 aliphatic carbocycles. The molecule has 1 aromatic carbocycles. The van der Waals surface area contributed by atoms with E-state index in [0.29, 0.717) is 52.4 Å². The number of fused-ring (bicyclic) bond motifs is 2. The summed E-state index contributed by atoms with van der Waals surface area (Å²) in [6.07, 6.45) is 9.02. The number of nitrogens with one attached hydrogen (secondary N) is 1. The Morgan fingerprint density at radius 1 is 0.978 bits per heavy atom.